The van der Waals surface area contributed by atoms with E-state index in [0.717, 1.165) is 12.2 Å². The molecule has 0 heterocycles. The minimum atomic E-state index is -0.126. The first-order chi connectivity index (χ1) is 8.63. The summed E-state index contributed by atoms with van der Waals surface area (Å²) in [6, 6.07) is 10.5. The molecule has 2 nitrogen and oxygen atoms in total. The zero-order valence-electron chi connectivity index (χ0n) is 11.4. The topological polar surface area (TPSA) is 26.3 Å². The van der Waals surface area contributed by atoms with Gasteiger partial charge < -0.3 is 4.74 Å². The van der Waals surface area contributed by atoms with Crippen LogP contribution in [0.2, 0.25) is 0 Å². The molecule has 1 unspecified atom stereocenters. The Morgan fingerprint density at radius 2 is 1.94 bits per heavy atom. The number of carbonyl (C=O) groups is 1. The smallest absolute Gasteiger partial charge is 0.306 e. The van der Waals surface area contributed by atoms with E-state index in [1.54, 1.807) is 0 Å². The molecule has 1 rings (SSSR count). The molecule has 0 aliphatic rings. The standard InChI is InChI=1S/C15H22O2S/c1-12(2)11-14(13-7-5-4-6-8-13)18-10-9-15(16)17-3/h4-8,12,14H,9-11H2,1-3H3. The Kier molecular flexibility index (Phi) is 6.88. The number of thioether (sulfide) groups is 1. The molecule has 0 aliphatic heterocycles. The molecule has 1 aromatic rings. The highest BCUT2D eigenvalue weighted by atomic mass is 32.2. The first-order valence-electron chi connectivity index (χ1n) is 6.36. The van der Waals surface area contributed by atoms with Gasteiger partial charge in [0.25, 0.3) is 0 Å². The van der Waals surface area contributed by atoms with Gasteiger partial charge in [-0.3, -0.25) is 4.79 Å². The van der Waals surface area contributed by atoms with Crippen molar-refractivity contribution in [2.75, 3.05) is 12.9 Å². The molecule has 1 aromatic carbocycles. The molecule has 0 N–H and O–H groups in total. The van der Waals surface area contributed by atoms with Crippen LogP contribution in [-0.2, 0) is 9.53 Å². The van der Waals surface area contributed by atoms with Crippen molar-refractivity contribution in [1.29, 1.82) is 0 Å². The minimum Gasteiger partial charge on any atom is -0.469 e. The van der Waals surface area contributed by atoms with Gasteiger partial charge in [-0.1, -0.05) is 44.2 Å². The van der Waals surface area contributed by atoms with Gasteiger partial charge >= 0.3 is 5.97 Å². The fourth-order valence-electron chi connectivity index (χ4n) is 1.78. The van der Waals surface area contributed by atoms with Crippen molar-refractivity contribution >= 4 is 17.7 Å². The Hall–Kier alpha value is -0.960. The maximum atomic E-state index is 11.1. The molecule has 0 amide bonds. The molecule has 0 fully saturated rings. The maximum absolute atomic E-state index is 11.1. The first-order valence-corrected chi connectivity index (χ1v) is 7.41. The molecular formula is C15H22O2S. The number of rotatable bonds is 7. The summed E-state index contributed by atoms with van der Waals surface area (Å²) < 4.78 is 4.67. The van der Waals surface area contributed by atoms with E-state index in [-0.39, 0.29) is 5.97 Å². The van der Waals surface area contributed by atoms with Crippen molar-refractivity contribution in [3.63, 3.8) is 0 Å². The monoisotopic (exact) mass is 266 g/mol. The average molecular weight is 266 g/mol. The van der Waals surface area contributed by atoms with Crippen LogP contribution in [0.5, 0.6) is 0 Å². The third kappa shape index (κ3) is 5.58. The quantitative estimate of drug-likeness (QED) is 0.696. The van der Waals surface area contributed by atoms with Gasteiger partial charge in [0.1, 0.15) is 0 Å². The van der Waals surface area contributed by atoms with Crippen molar-refractivity contribution in [3.05, 3.63) is 35.9 Å². The zero-order valence-corrected chi connectivity index (χ0v) is 12.2. The predicted octanol–water partition coefficient (Wildman–Crippen LogP) is 4.07. The third-order valence-corrected chi connectivity index (χ3v) is 4.02. The lowest BCUT2D eigenvalue weighted by atomic mass is 10.0. The summed E-state index contributed by atoms with van der Waals surface area (Å²) >= 11 is 1.85. The molecule has 0 saturated carbocycles. The highest BCUT2D eigenvalue weighted by molar-refractivity contribution is 7.99. The number of esters is 1. The minimum absolute atomic E-state index is 0.126. The van der Waals surface area contributed by atoms with E-state index in [1.807, 2.05) is 17.8 Å². The fraction of sp³-hybridized carbons (Fsp3) is 0.533. The molecule has 3 heteroatoms. The molecule has 0 radical (unpaired) electrons. The van der Waals surface area contributed by atoms with Gasteiger partial charge in [0, 0.05) is 11.0 Å². The van der Waals surface area contributed by atoms with Crippen molar-refractivity contribution in [2.24, 2.45) is 5.92 Å². The summed E-state index contributed by atoms with van der Waals surface area (Å²) in [5, 5.41) is 0.468. The summed E-state index contributed by atoms with van der Waals surface area (Å²) in [4.78, 5) is 11.1. The molecule has 0 aromatic heterocycles. The third-order valence-electron chi connectivity index (χ3n) is 2.71. The molecular weight excluding hydrogens is 244 g/mol. The summed E-state index contributed by atoms with van der Waals surface area (Å²) in [5.74, 6) is 1.35. The fourth-order valence-corrected chi connectivity index (χ4v) is 3.22. The van der Waals surface area contributed by atoms with Crippen LogP contribution in [0.3, 0.4) is 0 Å². The second-order valence-corrected chi connectivity index (χ2v) is 6.04. The Morgan fingerprint density at radius 3 is 2.50 bits per heavy atom. The molecule has 0 bridgehead atoms. The SMILES string of the molecule is COC(=O)CCSC(CC(C)C)c1ccccc1. The van der Waals surface area contributed by atoms with Crippen LogP contribution >= 0.6 is 11.8 Å². The first kappa shape index (κ1) is 15.1. The molecule has 18 heavy (non-hydrogen) atoms. The summed E-state index contributed by atoms with van der Waals surface area (Å²) in [6.07, 6.45) is 1.62. The van der Waals surface area contributed by atoms with Crippen LogP contribution in [0.25, 0.3) is 0 Å². The second-order valence-electron chi connectivity index (χ2n) is 4.73. The molecule has 0 saturated heterocycles. The second kappa shape index (κ2) is 8.20. The molecule has 0 spiro atoms. The van der Waals surface area contributed by atoms with Gasteiger partial charge in [0.2, 0.25) is 0 Å². The Morgan fingerprint density at radius 1 is 1.28 bits per heavy atom. The van der Waals surface area contributed by atoms with E-state index in [9.17, 15) is 4.79 Å². The normalized spacial score (nSPS) is 12.4. The lowest BCUT2D eigenvalue weighted by Gasteiger charge is -2.19. The number of hydrogen-bond donors (Lipinski definition) is 0. The van der Waals surface area contributed by atoms with Crippen LogP contribution in [0.15, 0.2) is 30.3 Å². The molecule has 1 atom stereocenters. The Labute approximate surface area is 114 Å². The van der Waals surface area contributed by atoms with E-state index in [1.165, 1.54) is 12.7 Å². The number of methoxy groups -OCH3 is 1. The highest BCUT2D eigenvalue weighted by Gasteiger charge is 2.14. The maximum Gasteiger partial charge on any atom is 0.306 e. The van der Waals surface area contributed by atoms with Gasteiger partial charge in [0.15, 0.2) is 0 Å². The highest BCUT2D eigenvalue weighted by Crippen LogP contribution is 2.34. The average Bonchev–Trinajstić information content (AvgIpc) is 2.38. The number of carbonyl (C=O) groups excluding carboxylic acids is 1. The number of ether oxygens (including phenoxy) is 1. The van der Waals surface area contributed by atoms with Gasteiger partial charge in [-0.25, -0.2) is 0 Å². The number of benzene rings is 1. The van der Waals surface area contributed by atoms with Crippen LogP contribution in [0.4, 0.5) is 0 Å². The van der Waals surface area contributed by atoms with E-state index < -0.39 is 0 Å². The summed E-state index contributed by atoms with van der Waals surface area (Å²) in [7, 11) is 1.44. The van der Waals surface area contributed by atoms with E-state index in [0.29, 0.717) is 17.6 Å². The van der Waals surface area contributed by atoms with E-state index >= 15 is 0 Å². The Bertz CT molecular complexity index is 349. The van der Waals surface area contributed by atoms with E-state index in [2.05, 4.69) is 42.8 Å². The van der Waals surface area contributed by atoms with Gasteiger partial charge in [-0.2, -0.15) is 11.8 Å². The van der Waals surface area contributed by atoms with Gasteiger partial charge in [0.05, 0.1) is 13.5 Å². The summed E-state index contributed by atoms with van der Waals surface area (Å²) in [6.45, 7) is 4.47. The molecule has 100 valence electrons. The lowest BCUT2D eigenvalue weighted by Crippen LogP contribution is -2.04. The largest absolute Gasteiger partial charge is 0.469 e. The van der Waals surface area contributed by atoms with Gasteiger partial charge in [-0.05, 0) is 17.9 Å². The van der Waals surface area contributed by atoms with Crippen molar-refractivity contribution in [3.8, 4) is 0 Å². The summed E-state index contributed by atoms with van der Waals surface area (Å²) in [5.41, 5.74) is 1.35. The van der Waals surface area contributed by atoms with Crippen LogP contribution in [0, 0.1) is 5.92 Å². The molecule has 0 aliphatic carbocycles. The van der Waals surface area contributed by atoms with E-state index in [4.69, 9.17) is 0 Å². The van der Waals surface area contributed by atoms with Crippen LogP contribution in [-0.4, -0.2) is 18.8 Å². The van der Waals surface area contributed by atoms with Gasteiger partial charge in [-0.15, -0.1) is 0 Å². The zero-order chi connectivity index (χ0) is 13.4. The van der Waals surface area contributed by atoms with Crippen molar-refractivity contribution in [2.45, 2.75) is 31.9 Å². The van der Waals surface area contributed by atoms with Crippen LogP contribution in [0.1, 0.15) is 37.5 Å². The Balaban J connectivity index is 2.54. The van der Waals surface area contributed by atoms with Crippen molar-refractivity contribution in [1.82, 2.24) is 0 Å². The number of hydrogen-bond acceptors (Lipinski definition) is 3. The van der Waals surface area contributed by atoms with Crippen LogP contribution < -0.4 is 0 Å². The predicted molar refractivity (Wildman–Crippen MR) is 77.7 cm³/mol. The lowest BCUT2D eigenvalue weighted by molar-refractivity contribution is -0.140. The van der Waals surface area contributed by atoms with Crippen molar-refractivity contribution < 1.29 is 9.53 Å².